The van der Waals surface area contributed by atoms with Crippen LogP contribution in [-0.2, 0) is 5.41 Å². The molecule has 0 bridgehead atoms. The third kappa shape index (κ3) is 5.73. The van der Waals surface area contributed by atoms with Crippen LogP contribution in [-0.4, -0.2) is 38.3 Å². The number of imidazole rings is 1. The van der Waals surface area contributed by atoms with Crippen LogP contribution >= 0.6 is 0 Å². The molecule has 0 atom stereocenters. The zero-order valence-electron chi connectivity index (χ0n) is 21.6. The summed E-state index contributed by atoms with van der Waals surface area (Å²) < 4.78 is 41.7. The molecule has 0 saturated heterocycles. The van der Waals surface area contributed by atoms with Gasteiger partial charge in [0.25, 0.3) is 0 Å². The van der Waals surface area contributed by atoms with Gasteiger partial charge in [-0.05, 0) is 61.9 Å². The maximum atomic E-state index is 14.5. The molecule has 0 amide bonds. The van der Waals surface area contributed by atoms with Crippen molar-refractivity contribution in [1.29, 1.82) is 5.26 Å². The number of anilines is 3. The molecular formula is C28H23F3N8O. The van der Waals surface area contributed by atoms with E-state index in [1.807, 2.05) is 0 Å². The van der Waals surface area contributed by atoms with Crippen LogP contribution in [0.5, 0.6) is 0 Å². The van der Waals surface area contributed by atoms with Gasteiger partial charge in [0.05, 0.1) is 23.5 Å². The summed E-state index contributed by atoms with van der Waals surface area (Å²) in [5.74, 6) is -1.70. The second kappa shape index (κ2) is 11.6. The largest absolute Gasteiger partial charge is 0.386 e. The van der Waals surface area contributed by atoms with Crippen molar-refractivity contribution in [3.8, 4) is 17.3 Å². The number of nitrogens with one attached hydrogen (secondary N) is 3. The monoisotopic (exact) mass is 544 g/mol. The van der Waals surface area contributed by atoms with Gasteiger partial charge >= 0.3 is 0 Å². The Balaban J connectivity index is 0.000000224. The quantitative estimate of drug-likeness (QED) is 0.225. The van der Waals surface area contributed by atoms with Crippen LogP contribution < -0.4 is 10.6 Å². The molecule has 5 aromatic rings. The lowest BCUT2D eigenvalue weighted by Gasteiger charge is -2.15. The number of hydrogen-bond acceptors (Lipinski definition) is 8. The first-order chi connectivity index (χ1) is 19.2. The first-order valence-corrected chi connectivity index (χ1v) is 11.9. The average molecular weight is 545 g/mol. The second-order valence-electron chi connectivity index (χ2n) is 9.01. The fourth-order valence-electron chi connectivity index (χ4n) is 3.75. The summed E-state index contributed by atoms with van der Waals surface area (Å²) in [6.07, 6.45) is 4.97. The maximum Gasteiger partial charge on any atom is 0.181 e. The summed E-state index contributed by atoms with van der Waals surface area (Å²) in [4.78, 5) is 30.1. The fraction of sp³-hybridized carbons (Fsp3) is 0.143. The van der Waals surface area contributed by atoms with Gasteiger partial charge in [0.1, 0.15) is 47.0 Å². The number of rotatable bonds is 6. The van der Waals surface area contributed by atoms with E-state index < -0.39 is 22.9 Å². The Morgan fingerprint density at radius 3 is 2.58 bits per heavy atom. The van der Waals surface area contributed by atoms with Crippen molar-refractivity contribution < 1.29 is 18.0 Å². The minimum atomic E-state index is -0.778. The summed E-state index contributed by atoms with van der Waals surface area (Å²) >= 11 is 0. The number of fused-ring (bicyclic) bond motifs is 1. The molecule has 0 aliphatic carbocycles. The Morgan fingerprint density at radius 1 is 1.05 bits per heavy atom. The number of nitriles is 1. The Kier molecular flexibility index (Phi) is 8.04. The highest BCUT2D eigenvalue weighted by Gasteiger charge is 2.21. The van der Waals surface area contributed by atoms with Gasteiger partial charge in [-0.1, -0.05) is 0 Å². The molecule has 0 spiro atoms. The summed E-state index contributed by atoms with van der Waals surface area (Å²) in [5, 5.41) is 14.3. The van der Waals surface area contributed by atoms with Gasteiger partial charge in [-0.2, -0.15) is 5.26 Å². The smallest absolute Gasteiger partial charge is 0.181 e. The standard InChI is InChI=1S/C17H13F2N7.C11H10FNO/c1-20-11-5-4-10(18)14(12(11)19)26-16-9(3-2-6-21-16)13-15-17(24-7-22-13)25-8-23-15;1-11(2,7-13)9-3-8(6-14)4-10(12)5-9/h2-8,20H,1H3,(H,21,26)(H,22,23,24,25);3-6H,1-2H3. The molecule has 202 valence electrons. The lowest BCUT2D eigenvalue weighted by molar-refractivity contribution is 0.112. The van der Waals surface area contributed by atoms with Crippen LogP contribution in [0.15, 0.2) is 61.3 Å². The SMILES string of the molecule is CC(C)(C#N)c1cc(F)cc(C=O)c1.CNc1ccc(F)c(Nc2ncccc2-c2ncnc3nc[nH]c23)c1F. The number of carbonyl (C=O) groups excluding carboxylic acids is 1. The molecule has 0 aliphatic rings. The number of hydrogen-bond donors (Lipinski definition) is 3. The first kappa shape index (κ1) is 27.7. The first-order valence-electron chi connectivity index (χ1n) is 11.9. The highest BCUT2D eigenvalue weighted by molar-refractivity contribution is 5.91. The van der Waals surface area contributed by atoms with Crippen LogP contribution in [0.25, 0.3) is 22.4 Å². The molecule has 3 heterocycles. The van der Waals surface area contributed by atoms with Gasteiger partial charge in [-0.25, -0.2) is 33.1 Å². The van der Waals surface area contributed by atoms with E-state index in [1.165, 1.54) is 43.1 Å². The number of pyridine rings is 1. The fourth-order valence-corrected chi connectivity index (χ4v) is 3.75. The number of benzene rings is 2. The third-order valence-corrected chi connectivity index (χ3v) is 5.95. The van der Waals surface area contributed by atoms with Crippen molar-refractivity contribution in [1.82, 2.24) is 24.9 Å². The van der Waals surface area contributed by atoms with Gasteiger partial charge in [0, 0.05) is 24.4 Å². The average Bonchev–Trinajstić information content (AvgIpc) is 3.45. The van der Waals surface area contributed by atoms with Gasteiger partial charge in [0.2, 0.25) is 0 Å². The van der Waals surface area contributed by atoms with Crippen molar-refractivity contribution in [2.24, 2.45) is 0 Å². The minimum absolute atomic E-state index is 0.171. The summed E-state index contributed by atoms with van der Waals surface area (Å²) in [7, 11) is 1.56. The third-order valence-electron chi connectivity index (χ3n) is 5.95. The lowest BCUT2D eigenvalue weighted by atomic mass is 9.85. The van der Waals surface area contributed by atoms with E-state index in [-0.39, 0.29) is 22.8 Å². The molecule has 0 saturated carbocycles. The maximum absolute atomic E-state index is 14.5. The number of H-pyrrole nitrogens is 1. The molecule has 9 nitrogen and oxygen atoms in total. The van der Waals surface area contributed by atoms with E-state index in [0.717, 1.165) is 6.07 Å². The topological polar surface area (TPSA) is 132 Å². The Bertz CT molecular complexity index is 1730. The molecule has 40 heavy (non-hydrogen) atoms. The molecule has 0 fully saturated rings. The lowest BCUT2D eigenvalue weighted by Crippen LogP contribution is -2.14. The van der Waals surface area contributed by atoms with Crippen molar-refractivity contribution in [3.05, 3.63) is 89.9 Å². The van der Waals surface area contributed by atoms with Crippen LogP contribution in [0.1, 0.15) is 29.8 Å². The molecule has 0 unspecified atom stereocenters. The van der Waals surface area contributed by atoms with Crippen LogP contribution in [0.3, 0.4) is 0 Å². The molecule has 12 heteroatoms. The second-order valence-corrected chi connectivity index (χ2v) is 9.01. The van der Waals surface area contributed by atoms with Crippen molar-refractivity contribution in [3.63, 3.8) is 0 Å². The summed E-state index contributed by atoms with van der Waals surface area (Å²) in [5.41, 5.74) is 2.03. The van der Waals surface area contributed by atoms with Crippen molar-refractivity contribution >= 4 is 34.6 Å². The van der Waals surface area contributed by atoms with E-state index in [0.29, 0.717) is 34.3 Å². The number of aromatic nitrogens is 5. The summed E-state index contributed by atoms with van der Waals surface area (Å²) in [6.45, 7) is 3.35. The normalized spacial score (nSPS) is 10.8. The number of nitrogens with zero attached hydrogens (tertiary/aromatic N) is 5. The number of carbonyl (C=O) groups is 1. The van der Waals surface area contributed by atoms with E-state index >= 15 is 0 Å². The van der Waals surface area contributed by atoms with Gasteiger partial charge in [-0.15, -0.1) is 0 Å². The van der Waals surface area contributed by atoms with Gasteiger partial charge in [-0.3, -0.25) is 4.79 Å². The minimum Gasteiger partial charge on any atom is -0.386 e. The van der Waals surface area contributed by atoms with E-state index in [1.54, 1.807) is 33.0 Å². The van der Waals surface area contributed by atoms with Gasteiger partial charge in [0.15, 0.2) is 11.5 Å². The number of aromatic amines is 1. The predicted octanol–water partition coefficient (Wildman–Crippen LogP) is 5.92. The predicted molar refractivity (Wildman–Crippen MR) is 145 cm³/mol. The highest BCUT2D eigenvalue weighted by Crippen LogP contribution is 2.33. The van der Waals surface area contributed by atoms with E-state index in [4.69, 9.17) is 5.26 Å². The van der Waals surface area contributed by atoms with Crippen molar-refractivity contribution in [2.75, 3.05) is 17.7 Å². The zero-order valence-corrected chi connectivity index (χ0v) is 21.6. The Morgan fingerprint density at radius 2 is 1.85 bits per heavy atom. The molecule has 3 N–H and O–H groups in total. The molecule has 2 aromatic carbocycles. The van der Waals surface area contributed by atoms with Crippen LogP contribution in [0, 0.1) is 28.8 Å². The highest BCUT2D eigenvalue weighted by atomic mass is 19.1. The molecule has 3 aromatic heterocycles. The number of aldehydes is 1. The molecule has 0 radical (unpaired) electrons. The van der Waals surface area contributed by atoms with E-state index in [2.05, 4.69) is 41.6 Å². The zero-order chi connectivity index (χ0) is 28.9. The Hall–Kier alpha value is -5.31. The number of halogens is 3. The van der Waals surface area contributed by atoms with Crippen LogP contribution in [0.4, 0.5) is 30.4 Å². The van der Waals surface area contributed by atoms with Crippen LogP contribution in [0.2, 0.25) is 0 Å². The van der Waals surface area contributed by atoms with E-state index in [9.17, 15) is 18.0 Å². The molecule has 5 rings (SSSR count). The molecular weight excluding hydrogens is 521 g/mol. The van der Waals surface area contributed by atoms with Gasteiger partial charge < -0.3 is 15.6 Å². The molecule has 0 aliphatic heterocycles. The summed E-state index contributed by atoms with van der Waals surface area (Å²) in [6, 6.07) is 12.0. The van der Waals surface area contributed by atoms with Crippen molar-refractivity contribution in [2.45, 2.75) is 19.3 Å². The Labute approximate surface area is 227 Å².